The molecule has 2 heteroatoms. The second-order valence-corrected chi connectivity index (χ2v) is 4.21. The van der Waals surface area contributed by atoms with Crippen molar-refractivity contribution in [2.24, 2.45) is 0 Å². The van der Waals surface area contributed by atoms with Gasteiger partial charge in [0.25, 0.3) is 0 Å². The maximum atomic E-state index is 8.41. The monoisotopic (exact) mass is 194 g/mol. The Bertz CT molecular complexity index is 63.9. The van der Waals surface area contributed by atoms with Crippen LogP contribution in [0.2, 0.25) is 10.6 Å². The SMILES string of the molecule is C=CC[Se]CCCCO. The van der Waals surface area contributed by atoms with Crippen molar-refractivity contribution in [1.82, 2.24) is 0 Å². The van der Waals surface area contributed by atoms with Crippen LogP contribution in [0, 0.1) is 0 Å². The van der Waals surface area contributed by atoms with Gasteiger partial charge >= 0.3 is 62.8 Å². The minimum absolute atomic E-state index is 0.351. The molecule has 0 aromatic heterocycles. The van der Waals surface area contributed by atoms with Gasteiger partial charge in [-0.1, -0.05) is 0 Å². The van der Waals surface area contributed by atoms with Gasteiger partial charge in [0.2, 0.25) is 0 Å². The Kier molecular flexibility index (Phi) is 8.42. The molecule has 0 aliphatic rings. The summed E-state index contributed by atoms with van der Waals surface area (Å²) < 4.78 is 0. The van der Waals surface area contributed by atoms with Crippen LogP contribution in [-0.2, 0) is 0 Å². The van der Waals surface area contributed by atoms with Gasteiger partial charge in [-0.3, -0.25) is 0 Å². The number of hydrogen-bond donors (Lipinski definition) is 1. The summed E-state index contributed by atoms with van der Waals surface area (Å²) in [5.41, 5.74) is 0. The zero-order valence-electron chi connectivity index (χ0n) is 5.68. The molecule has 54 valence electrons. The van der Waals surface area contributed by atoms with Crippen molar-refractivity contribution >= 4 is 15.0 Å². The molecule has 0 unspecified atom stereocenters. The first-order chi connectivity index (χ1) is 4.41. The normalized spacial score (nSPS) is 9.44. The summed E-state index contributed by atoms with van der Waals surface area (Å²) in [7, 11) is 0. The molecule has 0 fully saturated rings. The fraction of sp³-hybridized carbons (Fsp3) is 0.714. The predicted octanol–water partition coefficient (Wildman–Crippen LogP) is 1.49. The molecule has 0 saturated heterocycles. The molecule has 0 aliphatic carbocycles. The third-order valence-corrected chi connectivity index (χ3v) is 3.13. The van der Waals surface area contributed by atoms with Crippen molar-refractivity contribution in [2.75, 3.05) is 6.61 Å². The van der Waals surface area contributed by atoms with Crippen LogP contribution in [0.4, 0.5) is 0 Å². The van der Waals surface area contributed by atoms with E-state index in [-0.39, 0.29) is 0 Å². The molecule has 0 amide bonds. The number of allylic oxidation sites excluding steroid dienone is 1. The molecule has 0 aromatic rings. The molecule has 0 heterocycles. The van der Waals surface area contributed by atoms with Gasteiger partial charge in [0.05, 0.1) is 0 Å². The Morgan fingerprint density at radius 3 is 2.78 bits per heavy atom. The molecule has 0 spiro atoms. The zero-order valence-corrected chi connectivity index (χ0v) is 7.39. The van der Waals surface area contributed by atoms with Gasteiger partial charge in [-0.15, -0.1) is 0 Å². The summed E-state index contributed by atoms with van der Waals surface area (Å²) in [6, 6.07) is 0. The van der Waals surface area contributed by atoms with E-state index in [1.165, 1.54) is 17.1 Å². The van der Waals surface area contributed by atoms with Crippen LogP contribution in [0.3, 0.4) is 0 Å². The molecule has 0 atom stereocenters. The van der Waals surface area contributed by atoms with Gasteiger partial charge in [0.1, 0.15) is 0 Å². The molecule has 1 nitrogen and oxygen atoms in total. The summed E-state index contributed by atoms with van der Waals surface area (Å²) in [4.78, 5) is 0. The third kappa shape index (κ3) is 8.22. The summed E-state index contributed by atoms with van der Waals surface area (Å²) in [5, 5.41) is 10.9. The topological polar surface area (TPSA) is 20.2 Å². The third-order valence-electron chi connectivity index (χ3n) is 0.932. The van der Waals surface area contributed by atoms with E-state index in [9.17, 15) is 0 Å². The van der Waals surface area contributed by atoms with Crippen molar-refractivity contribution in [3.63, 3.8) is 0 Å². The van der Waals surface area contributed by atoms with E-state index >= 15 is 0 Å². The van der Waals surface area contributed by atoms with Gasteiger partial charge in [-0.2, -0.15) is 0 Å². The van der Waals surface area contributed by atoms with Crippen LogP contribution in [0.25, 0.3) is 0 Å². The zero-order chi connectivity index (χ0) is 6.95. The van der Waals surface area contributed by atoms with E-state index in [2.05, 4.69) is 6.58 Å². The summed E-state index contributed by atoms with van der Waals surface area (Å²) in [6.07, 6.45) is 4.13. The number of unbranched alkanes of at least 4 members (excludes halogenated alkanes) is 1. The number of rotatable bonds is 6. The number of aliphatic hydroxyl groups excluding tert-OH is 1. The second-order valence-electron chi connectivity index (χ2n) is 1.79. The Hall–Kier alpha value is 0.219. The van der Waals surface area contributed by atoms with Gasteiger partial charge in [0, 0.05) is 0 Å². The second kappa shape index (κ2) is 8.22. The average Bonchev–Trinajstić information content (AvgIpc) is 1.89. The quantitative estimate of drug-likeness (QED) is 0.385. The fourth-order valence-electron chi connectivity index (χ4n) is 0.483. The molecule has 1 N–H and O–H groups in total. The van der Waals surface area contributed by atoms with E-state index in [1.807, 2.05) is 6.08 Å². The van der Waals surface area contributed by atoms with Crippen LogP contribution < -0.4 is 0 Å². The van der Waals surface area contributed by atoms with Crippen molar-refractivity contribution in [3.8, 4) is 0 Å². The Labute approximate surface area is 63.3 Å². The molecule has 0 bridgehead atoms. The summed E-state index contributed by atoms with van der Waals surface area (Å²) in [6.45, 7) is 4.00. The van der Waals surface area contributed by atoms with Crippen molar-refractivity contribution in [2.45, 2.75) is 23.5 Å². The van der Waals surface area contributed by atoms with Crippen molar-refractivity contribution in [3.05, 3.63) is 12.7 Å². The van der Waals surface area contributed by atoms with Crippen LogP contribution in [0.15, 0.2) is 12.7 Å². The molecular weight excluding hydrogens is 179 g/mol. The van der Waals surface area contributed by atoms with Crippen LogP contribution in [0.1, 0.15) is 12.8 Å². The van der Waals surface area contributed by atoms with E-state index in [1.54, 1.807) is 0 Å². The van der Waals surface area contributed by atoms with Crippen molar-refractivity contribution < 1.29 is 5.11 Å². The van der Waals surface area contributed by atoms with Gasteiger partial charge in [-0.05, 0) is 0 Å². The molecular formula is C7H14OSe. The van der Waals surface area contributed by atoms with E-state index < -0.39 is 0 Å². The minimum atomic E-state index is 0.351. The first-order valence-corrected chi connectivity index (χ1v) is 5.63. The number of aliphatic hydroxyl groups is 1. The Balaban J connectivity index is 2.66. The average molecular weight is 193 g/mol. The van der Waals surface area contributed by atoms with E-state index in [0.717, 1.165) is 21.4 Å². The van der Waals surface area contributed by atoms with Gasteiger partial charge < -0.3 is 0 Å². The summed E-state index contributed by atoms with van der Waals surface area (Å²) >= 11 is 0.747. The predicted molar refractivity (Wildman–Crippen MR) is 41.9 cm³/mol. The van der Waals surface area contributed by atoms with Crippen LogP contribution >= 0.6 is 0 Å². The molecule has 9 heavy (non-hydrogen) atoms. The van der Waals surface area contributed by atoms with Crippen LogP contribution in [0.5, 0.6) is 0 Å². The molecule has 0 radical (unpaired) electrons. The Morgan fingerprint density at radius 1 is 1.44 bits per heavy atom. The van der Waals surface area contributed by atoms with Crippen molar-refractivity contribution in [1.29, 1.82) is 0 Å². The van der Waals surface area contributed by atoms with Gasteiger partial charge in [-0.25, -0.2) is 0 Å². The Morgan fingerprint density at radius 2 is 2.22 bits per heavy atom. The maximum absolute atomic E-state index is 8.41. The standard InChI is InChI=1S/C7H14OSe/c1-2-6-9-7-4-3-5-8/h2,8H,1,3-7H2. The molecule has 0 saturated carbocycles. The first kappa shape index (κ1) is 9.22. The number of hydrogen-bond acceptors (Lipinski definition) is 1. The van der Waals surface area contributed by atoms with E-state index in [4.69, 9.17) is 5.11 Å². The molecule has 0 aromatic carbocycles. The van der Waals surface area contributed by atoms with Crippen LogP contribution in [-0.4, -0.2) is 26.7 Å². The fourth-order valence-corrected chi connectivity index (χ4v) is 2.04. The molecule has 0 rings (SSSR count). The molecule has 0 aliphatic heterocycles. The first-order valence-electron chi connectivity index (χ1n) is 3.21. The van der Waals surface area contributed by atoms with E-state index in [0.29, 0.717) is 6.61 Å². The van der Waals surface area contributed by atoms with Gasteiger partial charge in [0.15, 0.2) is 0 Å². The summed E-state index contributed by atoms with van der Waals surface area (Å²) in [5.74, 6) is 0.